The van der Waals surface area contributed by atoms with Crippen molar-refractivity contribution in [1.29, 1.82) is 0 Å². The summed E-state index contributed by atoms with van der Waals surface area (Å²) in [5.74, 6) is 0.617. The summed E-state index contributed by atoms with van der Waals surface area (Å²) in [6, 6.07) is -0.0835. The molecule has 0 aromatic carbocycles. The first-order valence-corrected chi connectivity index (χ1v) is 6.91. The highest BCUT2D eigenvalue weighted by Crippen LogP contribution is 2.15. The van der Waals surface area contributed by atoms with E-state index in [-0.39, 0.29) is 17.2 Å². The molecular weight excluding hydrogens is 222 g/mol. The topological polar surface area (TPSA) is 46.2 Å². The van der Waals surface area contributed by atoms with Crippen molar-refractivity contribution in [2.24, 2.45) is 5.41 Å². The van der Waals surface area contributed by atoms with Gasteiger partial charge in [-0.3, -0.25) is 0 Å². The Balaban J connectivity index is 4.22. The van der Waals surface area contributed by atoms with E-state index in [1.807, 2.05) is 27.7 Å². The third-order valence-electron chi connectivity index (χ3n) is 1.55. The van der Waals surface area contributed by atoms with Gasteiger partial charge in [-0.1, -0.05) is 20.8 Å². The van der Waals surface area contributed by atoms with Crippen LogP contribution in [-0.2, 0) is 10.0 Å². The number of halogens is 1. The molecule has 1 N–H and O–H groups in total. The van der Waals surface area contributed by atoms with Crippen LogP contribution in [0.5, 0.6) is 0 Å². The monoisotopic (exact) mass is 241 g/mol. The molecule has 0 aromatic heterocycles. The SMILES string of the molecule is CC(CCCl)NS(=O)(=O)CC(C)(C)C. The molecule has 0 heterocycles. The van der Waals surface area contributed by atoms with Crippen LogP contribution >= 0.6 is 11.6 Å². The summed E-state index contributed by atoms with van der Waals surface area (Å²) in [6.45, 7) is 7.53. The Morgan fingerprint density at radius 1 is 1.36 bits per heavy atom. The van der Waals surface area contributed by atoms with Crippen molar-refractivity contribution in [3.8, 4) is 0 Å². The fraction of sp³-hybridized carbons (Fsp3) is 1.00. The van der Waals surface area contributed by atoms with Crippen molar-refractivity contribution in [3.63, 3.8) is 0 Å². The highest BCUT2D eigenvalue weighted by molar-refractivity contribution is 7.89. The largest absolute Gasteiger partial charge is 0.212 e. The van der Waals surface area contributed by atoms with Gasteiger partial charge in [0.05, 0.1) is 5.75 Å². The van der Waals surface area contributed by atoms with Crippen molar-refractivity contribution < 1.29 is 8.42 Å². The van der Waals surface area contributed by atoms with Crippen LogP contribution in [0.15, 0.2) is 0 Å². The lowest BCUT2D eigenvalue weighted by atomic mass is 10.0. The molecule has 14 heavy (non-hydrogen) atoms. The van der Waals surface area contributed by atoms with E-state index in [9.17, 15) is 8.42 Å². The Morgan fingerprint density at radius 2 is 1.86 bits per heavy atom. The van der Waals surface area contributed by atoms with Gasteiger partial charge in [-0.2, -0.15) is 0 Å². The summed E-state index contributed by atoms with van der Waals surface area (Å²) in [6.07, 6.45) is 0.658. The van der Waals surface area contributed by atoms with Crippen LogP contribution in [0.25, 0.3) is 0 Å². The summed E-state index contributed by atoms with van der Waals surface area (Å²) in [5.41, 5.74) is -0.216. The van der Waals surface area contributed by atoms with Crippen molar-refractivity contribution in [1.82, 2.24) is 4.72 Å². The van der Waals surface area contributed by atoms with Crippen LogP contribution in [-0.4, -0.2) is 26.1 Å². The first-order chi connectivity index (χ1) is 6.16. The molecule has 0 amide bonds. The Bertz CT molecular complexity index is 256. The summed E-state index contributed by atoms with van der Waals surface area (Å²) in [5, 5.41) is 0. The molecule has 0 saturated heterocycles. The van der Waals surface area contributed by atoms with Gasteiger partial charge in [0.2, 0.25) is 10.0 Å². The molecule has 5 heteroatoms. The minimum atomic E-state index is -3.17. The van der Waals surface area contributed by atoms with Crippen LogP contribution in [0.3, 0.4) is 0 Å². The smallest absolute Gasteiger partial charge is 0.212 e. The molecule has 3 nitrogen and oxygen atoms in total. The number of hydrogen-bond acceptors (Lipinski definition) is 2. The van der Waals surface area contributed by atoms with Crippen molar-refractivity contribution in [3.05, 3.63) is 0 Å². The minimum Gasteiger partial charge on any atom is -0.212 e. The molecule has 0 aliphatic heterocycles. The molecule has 0 aromatic rings. The first kappa shape index (κ1) is 14.2. The average molecular weight is 242 g/mol. The van der Waals surface area contributed by atoms with Crippen LogP contribution in [0.4, 0.5) is 0 Å². The molecule has 0 spiro atoms. The lowest BCUT2D eigenvalue weighted by Gasteiger charge is -2.20. The van der Waals surface area contributed by atoms with Crippen molar-refractivity contribution >= 4 is 21.6 Å². The van der Waals surface area contributed by atoms with Gasteiger partial charge in [0.1, 0.15) is 0 Å². The second-order valence-electron chi connectivity index (χ2n) is 4.82. The number of alkyl halides is 1. The lowest BCUT2D eigenvalue weighted by molar-refractivity contribution is 0.454. The van der Waals surface area contributed by atoms with Crippen LogP contribution in [0, 0.1) is 5.41 Å². The number of rotatable bonds is 5. The Kier molecular flexibility index (Phi) is 5.41. The quantitative estimate of drug-likeness (QED) is 0.749. The second-order valence-corrected chi connectivity index (χ2v) is 6.95. The maximum absolute atomic E-state index is 11.6. The number of sulfonamides is 1. The van der Waals surface area contributed by atoms with Gasteiger partial charge in [0, 0.05) is 11.9 Å². The zero-order valence-corrected chi connectivity index (χ0v) is 10.9. The van der Waals surface area contributed by atoms with Gasteiger partial charge in [0.25, 0.3) is 0 Å². The fourth-order valence-corrected chi connectivity index (χ4v) is 3.42. The van der Waals surface area contributed by atoms with Gasteiger partial charge >= 0.3 is 0 Å². The standard InChI is InChI=1S/C9H20ClNO2S/c1-8(5-6-10)11-14(12,13)7-9(2,3)4/h8,11H,5-7H2,1-4H3. The highest BCUT2D eigenvalue weighted by atomic mass is 35.5. The van der Waals surface area contributed by atoms with E-state index < -0.39 is 10.0 Å². The van der Waals surface area contributed by atoms with E-state index in [2.05, 4.69) is 4.72 Å². The maximum atomic E-state index is 11.6. The maximum Gasteiger partial charge on any atom is 0.212 e. The molecule has 1 atom stereocenters. The Labute approximate surface area is 92.3 Å². The molecule has 0 saturated carbocycles. The second kappa shape index (κ2) is 5.33. The summed E-state index contributed by atoms with van der Waals surface area (Å²) in [4.78, 5) is 0. The molecule has 0 aliphatic carbocycles. The Morgan fingerprint density at radius 3 is 2.21 bits per heavy atom. The molecule has 0 radical (unpaired) electrons. The van der Waals surface area contributed by atoms with Crippen molar-refractivity contribution in [2.45, 2.75) is 40.2 Å². The molecular formula is C9H20ClNO2S. The summed E-state index contributed by atoms with van der Waals surface area (Å²) in [7, 11) is -3.17. The third-order valence-corrected chi connectivity index (χ3v) is 3.77. The van der Waals surface area contributed by atoms with Gasteiger partial charge in [-0.25, -0.2) is 13.1 Å². The molecule has 0 aliphatic rings. The van der Waals surface area contributed by atoms with E-state index in [4.69, 9.17) is 11.6 Å². The van der Waals surface area contributed by atoms with Crippen molar-refractivity contribution in [2.75, 3.05) is 11.6 Å². The zero-order chi connectivity index (χ0) is 11.4. The van der Waals surface area contributed by atoms with E-state index in [0.29, 0.717) is 12.3 Å². The third kappa shape index (κ3) is 7.59. The fourth-order valence-electron chi connectivity index (χ4n) is 1.14. The van der Waals surface area contributed by atoms with E-state index in [1.165, 1.54) is 0 Å². The normalized spacial score (nSPS) is 15.5. The van der Waals surface area contributed by atoms with E-state index in [0.717, 1.165) is 0 Å². The lowest BCUT2D eigenvalue weighted by Crippen LogP contribution is -2.38. The number of nitrogens with one attached hydrogen (secondary N) is 1. The Hall–Kier alpha value is 0.200. The van der Waals surface area contributed by atoms with Crippen LogP contribution < -0.4 is 4.72 Å². The number of hydrogen-bond donors (Lipinski definition) is 1. The molecule has 0 fully saturated rings. The predicted molar refractivity (Wildman–Crippen MR) is 61.2 cm³/mol. The summed E-state index contributed by atoms with van der Waals surface area (Å²) < 4.78 is 25.8. The highest BCUT2D eigenvalue weighted by Gasteiger charge is 2.22. The predicted octanol–water partition coefficient (Wildman–Crippen LogP) is 1.97. The van der Waals surface area contributed by atoms with Gasteiger partial charge < -0.3 is 0 Å². The van der Waals surface area contributed by atoms with E-state index >= 15 is 0 Å². The minimum absolute atomic E-state index is 0.0835. The van der Waals surface area contributed by atoms with E-state index in [1.54, 1.807) is 0 Å². The van der Waals surface area contributed by atoms with Crippen LogP contribution in [0.2, 0.25) is 0 Å². The molecule has 86 valence electrons. The van der Waals surface area contributed by atoms with Gasteiger partial charge in [-0.15, -0.1) is 11.6 Å². The molecule has 1 unspecified atom stereocenters. The summed E-state index contributed by atoms with van der Waals surface area (Å²) >= 11 is 5.52. The average Bonchev–Trinajstić information content (AvgIpc) is 1.78. The first-order valence-electron chi connectivity index (χ1n) is 4.72. The van der Waals surface area contributed by atoms with Crippen LogP contribution in [0.1, 0.15) is 34.1 Å². The van der Waals surface area contributed by atoms with Gasteiger partial charge in [-0.05, 0) is 18.8 Å². The zero-order valence-electron chi connectivity index (χ0n) is 9.30. The van der Waals surface area contributed by atoms with Gasteiger partial charge in [0.15, 0.2) is 0 Å². The molecule has 0 bridgehead atoms. The molecule has 0 rings (SSSR count).